The van der Waals surface area contributed by atoms with E-state index in [1.165, 1.54) is 11.3 Å². The highest BCUT2D eigenvalue weighted by Gasteiger charge is 2.62. The van der Waals surface area contributed by atoms with Gasteiger partial charge in [0.2, 0.25) is 0 Å². The zero-order chi connectivity index (χ0) is 44.8. The molecule has 2 amide bonds. The summed E-state index contributed by atoms with van der Waals surface area (Å²) in [4.78, 5) is 56.5. The number of cyclic esters (lactones) is 1. The molecule has 8 bridgehead atoms. The Morgan fingerprint density at radius 3 is 2.65 bits per heavy atom. The van der Waals surface area contributed by atoms with Gasteiger partial charge in [0, 0.05) is 77.8 Å². The maximum Gasteiger partial charge on any atom is 0.324 e. The van der Waals surface area contributed by atoms with E-state index in [0.717, 1.165) is 69.1 Å². The molecule has 1 aromatic carbocycles. The number of carbonyl (C=O) groups is 3. The van der Waals surface area contributed by atoms with Crippen LogP contribution in [0.25, 0.3) is 33.4 Å². The van der Waals surface area contributed by atoms with Crippen LogP contribution in [-0.2, 0) is 44.5 Å². The normalized spacial score (nSPS) is 30.5. The Labute approximate surface area is 383 Å². The number of fused-ring (bicyclic) bond motifs is 7. The van der Waals surface area contributed by atoms with Crippen LogP contribution < -0.4 is 10.7 Å². The molecule has 6 saturated heterocycles. The second kappa shape index (κ2) is 16.5. The van der Waals surface area contributed by atoms with E-state index in [9.17, 15) is 9.59 Å². The first-order valence-electron chi connectivity index (χ1n) is 23.6. The number of hydrogen-bond donors (Lipinski definition) is 2. The minimum Gasteiger partial charge on any atom is -0.464 e. The number of nitrogens with one attached hydrogen (secondary N) is 2. The number of pyridine rings is 1. The number of amides is 2. The van der Waals surface area contributed by atoms with Gasteiger partial charge >= 0.3 is 5.97 Å². The molecule has 4 aromatic rings. The molecule has 1 saturated carbocycles. The van der Waals surface area contributed by atoms with Crippen molar-refractivity contribution in [2.45, 2.75) is 115 Å². The van der Waals surface area contributed by atoms with Crippen LogP contribution in [0.3, 0.4) is 0 Å². The second-order valence-electron chi connectivity index (χ2n) is 20.7. The van der Waals surface area contributed by atoms with Gasteiger partial charge in [-0.15, -0.1) is 11.3 Å². The molecule has 3 aromatic heterocycles. The third kappa shape index (κ3) is 7.51. The van der Waals surface area contributed by atoms with Gasteiger partial charge in [-0.1, -0.05) is 19.9 Å². The third-order valence-electron chi connectivity index (χ3n) is 15.4. The van der Waals surface area contributed by atoms with Crippen LogP contribution in [-0.4, -0.2) is 126 Å². The SMILES string of the molecule is CO[C@@H](C)c1ncccc1-c1c2c3cc(ccc3n1C1COC1)-c1csc(n1)[C@@H](N1CC3(CCCOC3)C1)[C@H](NC(=O)C13CC(C1)[C@H](C)O3)C(=O)N1CCC[C@H](N1)C(=O)OCC(C)(C)C2. The number of likely N-dealkylation sites (tertiary alicyclic amines) is 1. The van der Waals surface area contributed by atoms with Crippen LogP contribution in [0.15, 0.2) is 41.9 Å². The van der Waals surface area contributed by atoms with Gasteiger partial charge in [-0.05, 0) is 94.5 Å². The van der Waals surface area contributed by atoms with Crippen molar-refractivity contribution < 1.29 is 38.1 Å². The van der Waals surface area contributed by atoms with Gasteiger partial charge in [-0.3, -0.25) is 29.3 Å². The highest BCUT2D eigenvalue weighted by molar-refractivity contribution is 7.10. The molecule has 65 heavy (non-hydrogen) atoms. The number of nitrogens with zero attached hydrogens (tertiary/aromatic N) is 5. The number of benzene rings is 1. The molecule has 1 spiro atoms. The molecule has 10 heterocycles. The Kier molecular flexibility index (Phi) is 11.0. The number of ether oxygens (including phenoxy) is 5. The molecule has 1 aliphatic carbocycles. The van der Waals surface area contributed by atoms with Gasteiger partial charge in [0.05, 0.1) is 67.8 Å². The van der Waals surface area contributed by atoms with Crippen molar-refractivity contribution in [1.82, 2.24) is 35.2 Å². The zero-order valence-corrected chi connectivity index (χ0v) is 38.9. The molecule has 12 rings (SSSR count). The predicted octanol–water partition coefficient (Wildman–Crippen LogP) is 5.93. The van der Waals surface area contributed by atoms with Crippen molar-refractivity contribution in [3.8, 4) is 22.5 Å². The lowest BCUT2D eigenvalue weighted by atomic mass is 9.72. The topological polar surface area (TPSA) is 159 Å². The lowest BCUT2D eigenvalue weighted by molar-refractivity contribution is -0.160. The summed E-state index contributed by atoms with van der Waals surface area (Å²) in [6.07, 6.45) is 6.52. The average molecular weight is 908 g/mol. The number of aromatic nitrogens is 3. The Bertz CT molecular complexity index is 2500. The van der Waals surface area contributed by atoms with E-state index >= 15 is 4.79 Å². The number of hydrazine groups is 1. The Balaban J connectivity index is 1.07. The van der Waals surface area contributed by atoms with Crippen molar-refractivity contribution in [1.29, 1.82) is 0 Å². The summed E-state index contributed by atoms with van der Waals surface area (Å²) >= 11 is 1.52. The molecular weight excluding hydrogens is 847 g/mol. The summed E-state index contributed by atoms with van der Waals surface area (Å²) in [6.45, 7) is 12.8. The molecule has 15 nitrogen and oxygen atoms in total. The molecule has 0 radical (unpaired) electrons. The Morgan fingerprint density at radius 1 is 1.09 bits per heavy atom. The number of esters is 1. The number of rotatable bonds is 7. The monoisotopic (exact) mass is 907 g/mol. The van der Waals surface area contributed by atoms with Crippen LogP contribution in [0, 0.1) is 16.7 Å². The van der Waals surface area contributed by atoms with Gasteiger partial charge in [-0.2, -0.15) is 0 Å². The fourth-order valence-electron chi connectivity index (χ4n) is 11.7. The molecule has 7 fully saturated rings. The van der Waals surface area contributed by atoms with Crippen LogP contribution in [0.5, 0.6) is 0 Å². The third-order valence-corrected chi connectivity index (χ3v) is 16.3. The second-order valence-corrected chi connectivity index (χ2v) is 21.6. The van der Waals surface area contributed by atoms with Crippen LogP contribution in [0.2, 0.25) is 0 Å². The molecular formula is C49H61N7O8S. The van der Waals surface area contributed by atoms with E-state index < -0.39 is 35.1 Å². The summed E-state index contributed by atoms with van der Waals surface area (Å²) in [6, 6.07) is 8.43. The van der Waals surface area contributed by atoms with E-state index in [1.54, 1.807) is 12.1 Å². The van der Waals surface area contributed by atoms with E-state index in [4.69, 9.17) is 33.7 Å². The summed E-state index contributed by atoms with van der Waals surface area (Å²) in [5.74, 6) is -0.656. The lowest BCUT2D eigenvalue weighted by Crippen LogP contribution is -2.68. The molecule has 5 atom stereocenters. The summed E-state index contributed by atoms with van der Waals surface area (Å²) < 4.78 is 32.7. The first-order valence-corrected chi connectivity index (χ1v) is 24.5. The number of thiazole rings is 1. The fourth-order valence-corrected chi connectivity index (χ4v) is 12.7. The number of carbonyl (C=O) groups excluding carboxylic acids is 3. The van der Waals surface area contributed by atoms with Gasteiger partial charge in [-0.25, -0.2) is 10.4 Å². The summed E-state index contributed by atoms with van der Waals surface area (Å²) in [7, 11) is 1.71. The standard InChI is InChI=1S/C49H61N7O8S/c1-28-31-18-49(19-31,64-28)46(59)52-40-42(54-24-48(25-54)13-8-16-61-27-48)43-51-37(23-65-43)30-11-12-38-34(17-30)35(20-47(3,4)26-63-45(58)36-10-7-15-55(53-36)44(40)57)41(56(38)32-21-62-22-32)33-9-6-14-50-39(33)29(2)60-5/h6,9,11-12,14,17,23,28-29,31-32,36,40,42,53H,7-8,10,13,15-16,18-22,24-27H2,1-5H3,(H,52,59)/t28-,29-,31?,36-,40-,42-,49?/m0/s1. The summed E-state index contributed by atoms with van der Waals surface area (Å²) in [5.41, 5.74) is 8.62. The Morgan fingerprint density at radius 2 is 1.92 bits per heavy atom. The maximum absolute atomic E-state index is 15.3. The molecule has 7 aliphatic heterocycles. The van der Waals surface area contributed by atoms with Crippen molar-refractivity contribution in [3.05, 3.63) is 58.2 Å². The number of methoxy groups -OCH3 is 1. The van der Waals surface area contributed by atoms with E-state index in [2.05, 4.69) is 63.7 Å². The smallest absolute Gasteiger partial charge is 0.324 e. The van der Waals surface area contributed by atoms with Crippen LogP contribution in [0.4, 0.5) is 0 Å². The van der Waals surface area contributed by atoms with Crippen LogP contribution >= 0.6 is 11.3 Å². The zero-order valence-electron chi connectivity index (χ0n) is 38.1. The van der Waals surface area contributed by atoms with Crippen LogP contribution in [0.1, 0.15) is 101 Å². The van der Waals surface area contributed by atoms with Gasteiger partial charge < -0.3 is 33.6 Å². The van der Waals surface area contributed by atoms with E-state index in [-0.39, 0.29) is 42.1 Å². The molecule has 16 heteroatoms. The van der Waals surface area contributed by atoms with Crippen molar-refractivity contribution in [2.75, 3.05) is 59.8 Å². The maximum atomic E-state index is 15.3. The Hall–Kier alpha value is -4.29. The molecule has 8 aliphatic rings. The molecule has 346 valence electrons. The highest BCUT2D eigenvalue weighted by Crippen LogP contribution is 2.53. The molecule has 0 unspecified atom stereocenters. The molecule has 2 N–H and O–H groups in total. The predicted molar refractivity (Wildman–Crippen MR) is 243 cm³/mol. The quantitative estimate of drug-likeness (QED) is 0.211. The van der Waals surface area contributed by atoms with E-state index in [1.807, 2.05) is 26.1 Å². The van der Waals surface area contributed by atoms with Crippen molar-refractivity contribution in [2.24, 2.45) is 16.7 Å². The average Bonchev–Trinajstić information content (AvgIpc) is 4.04. The van der Waals surface area contributed by atoms with Crippen molar-refractivity contribution in [3.63, 3.8) is 0 Å². The van der Waals surface area contributed by atoms with Gasteiger partial charge in [0.15, 0.2) is 0 Å². The first-order chi connectivity index (χ1) is 31.3. The lowest BCUT2D eigenvalue weighted by Gasteiger charge is -2.55. The summed E-state index contributed by atoms with van der Waals surface area (Å²) in [5, 5.41) is 8.72. The minimum atomic E-state index is -1.02. The van der Waals surface area contributed by atoms with Gasteiger partial charge in [0.1, 0.15) is 22.7 Å². The fraction of sp³-hybridized carbons (Fsp3) is 0.612. The number of hydrogen-bond acceptors (Lipinski definition) is 13. The largest absolute Gasteiger partial charge is 0.464 e. The van der Waals surface area contributed by atoms with Gasteiger partial charge in [0.25, 0.3) is 11.8 Å². The minimum absolute atomic E-state index is 0.0191. The first kappa shape index (κ1) is 43.3. The van der Waals surface area contributed by atoms with E-state index in [0.29, 0.717) is 77.5 Å². The van der Waals surface area contributed by atoms with Crippen molar-refractivity contribution >= 4 is 40.0 Å². The highest BCUT2D eigenvalue weighted by atomic mass is 32.1.